The molecule has 2 rings (SSSR count). The van der Waals surface area contributed by atoms with Crippen LogP contribution in [-0.2, 0) is 4.74 Å². The molecular weight excluding hydrogens is 206 g/mol. The number of rotatable bonds is 3. The van der Waals surface area contributed by atoms with Crippen molar-refractivity contribution in [2.24, 2.45) is 11.7 Å². The van der Waals surface area contributed by atoms with Gasteiger partial charge in [0.2, 0.25) is 0 Å². The maximum absolute atomic E-state index is 6.38. The van der Waals surface area contributed by atoms with E-state index in [1.807, 2.05) is 0 Å². The monoisotopic (exact) mass is 229 g/mol. The maximum Gasteiger partial charge on any atom is 0.0468 e. The Morgan fingerprint density at radius 2 is 2.20 bits per heavy atom. The summed E-state index contributed by atoms with van der Waals surface area (Å²) in [5, 5.41) is 0. The standard InChI is InChI=1S/C12H23NOS/c1-12(5-2-8-15-12)11(13)9-10-3-6-14-7-4-10/h10-11H,2-9,13H2,1H3. The second kappa shape index (κ2) is 5.07. The Hall–Kier alpha value is 0.270. The highest BCUT2D eigenvalue weighted by molar-refractivity contribution is 8.00. The fraction of sp³-hybridized carbons (Fsp3) is 1.00. The zero-order valence-corrected chi connectivity index (χ0v) is 10.5. The lowest BCUT2D eigenvalue weighted by Gasteiger charge is -2.34. The predicted molar refractivity (Wildman–Crippen MR) is 66.2 cm³/mol. The molecule has 2 saturated heterocycles. The van der Waals surface area contributed by atoms with Crippen molar-refractivity contribution in [1.82, 2.24) is 0 Å². The fourth-order valence-corrected chi connectivity index (χ4v) is 4.04. The molecule has 15 heavy (non-hydrogen) atoms. The van der Waals surface area contributed by atoms with Gasteiger partial charge in [0.1, 0.15) is 0 Å². The molecule has 0 radical (unpaired) electrons. The number of thioether (sulfide) groups is 1. The van der Waals surface area contributed by atoms with Crippen LogP contribution in [0, 0.1) is 5.92 Å². The second-order valence-electron chi connectivity index (χ2n) is 5.16. The maximum atomic E-state index is 6.38. The molecule has 0 spiro atoms. The first-order chi connectivity index (χ1) is 7.21. The van der Waals surface area contributed by atoms with Crippen molar-refractivity contribution in [1.29, 1.82) is 0 Å². The Balaban J connectivity index is 1.82. The fourth-order valence-electron chi connectivity index (χ4n) is 2.68. The Bertz CT molecular complexity index is 198. The SMILES string of the molecule is CC1(C(N)CC2CCOCC2)CCCS1. The van der Waals surface area contributed by atoms with Crippen LogP contribution < -0.4 is 5.73 Å². The zero-order chi connectivity index (χ0) is 10.7. The van der Waals surface area contributed by atoms with Gasteiger partial charge in [-0.15, -0.1) is 0 Å². The van der Waals surface area contributed by atoms with E-state index in [1.54, 1.807) is 0 Å². The van der Waals surface area contributed by atoms with Gasteiger partial charge in [0.25, 0.3) is 0 Å². The van der Waals surface area contributed by atoms with E-state index in [4.69, 9.17) is 10.5 Å². The molecule has 0 bridgehead atoms. The van der Waals surface area contributed by atoms with Crippen LogP contribution in [-0.4, -0.2) is 29.8 Å². The lowest BCUT2D eigenvalue weighted by Crippen LogP contribution is -2.43. The number of hydrogen-bond acceptors (Lipinski definition) is 3. The summed E-state index contributed by atoms with van der Waals surface area (Å²) < 4.78 is 5.75. The summed E-state index contributed by atoms with van der Waals surface area (Å²) in [7, 11) is 0. The lowest BCUT2D eigenvalue weighted by atomic mass is 9.86. The minimum absolute atomic E-state index is 0.359. The quantitative estimate of drug-likeness (QED) is 0.807. The van der Waals surface area contributed by atoms with E-state index < -0.39 is 0 Å². The van der Waals surface area contributed by atoms with E-state index in [1.165, 1.54) is 37.9 Å². The van der Waals surface area contributed by atoms with Gasteiger partial charge >= 0.3 is 0 Å². The third kappa shape index (κ3) is 2.89. The summed E-state index contributed by atoms with van der Waals surface area (Å²) in [4.78, 5) is 0. The normalized spacial score (nSPS) is 35.6. The van der Waals surface area contributed by atoms with Gasteiger partial charge < -0.3 is 10.5 Å². The molecule has 88 valence electrons. The van der Waals surface area contributed by atoms with Crippen LogP contribution in [0.5, 0.6) is 0 Å². The van der Waals surface area contributed by atoms with Gasteiger partial charge in [0, 0.05) is 24.0 Å². The van der Waals surface area contributed by atoms with Gasteiger partial charge in [0.15, 0.2) is 0 Å². The highest BCUT2D eigenvalue weighted by atomic mass is 32.2. The number of nitrogens with two attached hydrogens (primary N) is 1. The van der Waals surface area contributed by atoms with Crippen molar-refractivity contribution < 1.29 is 4.74 Å². The molecule has 0 aromatic heterocycles. The van der Waals surface area contributed by atoms with Crippen LogP contribution in [0.15, 0.2) is 0 Å². The van der Waals surface area contributed by atoms with Gasteiger partial charge in [-0.05, 0) is 50.7 Å². The predicted octanol–water partition coefficient (Wildman–Crippen LogP) is 2.42. The summed E-state index contributed by atoms with van der Waals surface area (Å²) >= 11 is 2.09. The molecule has 0 aromatic rings. The molecule has 2 aliphatic rings. The van der Waals surface area contributed by atoms with E-state index in [0.717, 1.165) is 19.1 Å². The smallest absolute Gasteiger partial charge is 0.0468 e. The van der Waals surface area contributed by atoms with Crippen LogP contribution in [0.4, 0.5) is 0 Å². The van der Waals surface area contributed by atoms with Crippen molar-refractivity contribution in [3.05, 3.63) is 0 Å². The van der Waals surface area contributed by atoms with Gasteiger partial charge in [0.05, 0.1) is 0 Å². The largest absolute Gasteiger partial charge is 0.381 e. The summed E-state index contributed by atoms with van der Waals surface area (Å²) in [5.41, 5.74) is 6.38. The third-order valence-electron chi connectivity index (χ3n) is 3.96. The molecule has 2 heterocycles. The molecule has 2 unspecified atom stereocenters. The zero-order valence-electron chi connectivity index (χ0n) is 9.71. The molecule has 0 saturated carbocycles. The van der Waals surface area contributed by atoms with Crippen LogP contribution in [0.3, 0.4) is 0 Å². The van der Waals surface area contributed by atoms with Crippen molar-refractivity contribution in [3.63, 3.8) is 0 Å². The first kappa shape index (κ1) is 11.7. The molecule has 0 amide bonds. The summed E-state index contributed by atoms with van der Waals surface area (Å²) in [5.74, 6) is 2.12. The average molecular weight is 229 g/mol. The van der Waals surface area contributed by atoms with Crippen LogP contribution >= 0.6 is 11.8 Å². The molecule has 2 aliphatic heterocycles. The Morgan fingerprint density at radius 3 is 2.80 bits per heavy atom. The number of hydrogen-bond donors (Lipinski definition) is 1. The molecule has 0 aliphatic carbocycles. The van der Waals surface area contributed by atoms with Crippen molar-refractivity contribution in [2.45, 2.75) is 49.8 Å². The highest BCUT2D eigenvalue weighted by Crippen LogP contribution is 2.41. The third-order valence-corrected chi connectivity index (χ3v) is 5.62. The van der Waals surface area contributed by atoms with Crippen molar-refractivity contribution in [2.75, 3.05) is 19.0 Å². The Morgan fingerprint density at radius 1 is 1.47 bits per heavy atom. The topological polar surface area (TPSA) is 35.2 Å². The Kier molecular flexibility index (Phi) is 3.97. The molecule has 2 nitrogen and oxygen atoms in total. The van der Waals surface area contributed by atoms with Gasteiger partial charge in [-0.3, -0.25) is 0 Å². The van der Waals surface area contributed by atoms with Gasteiger partial charge in [-0.25, -0.2) is 0 Å². The summed E-state index contributed by atoms with van der Waals surface area (Å²) in [6.45, 7) is 4.25. The van der Waals surface area contributed by atoms with Crippen molar-refractivity contribution in [3.8, 4) is 0 Å². The molecule has 2 N–H and O–H groups in total. The minimum Gasteiger partial charge on any atom is -0.381 e. The van der Waals surface area contributed by atoms with Crippen LogP contribution in [0.25, 0.3) is 0 Å². The Labute approximate surface area is 97.3 Å². The van der Waals surface area contributed by atoms with Gasteiger partial charge in [-0.1, -0.05) is 0 Å². The highest BCUT2D eigenvalue weighted by Gasteiger charge is 2.36. The van der Waals surface area contributed by atoms with E-state index in [2.05, 4.69) is 18.7 Å². The minimum atomic E-state index is 0.359. The van der Waals surface area contributed by atoms with Crippen LogP contribution in [0.2, 0.25) is 0 Å². The van der Waals surface area contributed by atoms with E-state index in [0.29, 0.717) is 10.8 Å². The first-order valence-corrected chi connectivity index (χ1v) is 7.16. The second-order valence-corrected chi connectivity index (χ2v) is 6.79. The van der Waals surface area contributed by atoms with E-state index in [-0.39, 0.29) is 0 Å². The van der Waals surface area contributed by atoms with E-state index in [9.17, 15) is 0 Å². The summed E-state index contributed by atoms with van der Waals surface area (Å²) in [6.07, 6.45) is 6.29. The summed E-state index contributed by atoms with van der Waals surface area (Å²) in [6, 6.07) is 0.382. The molecule has 2 fully saturated rings. The average Bonchev–Trinajstić information content (AvgIpc) is 2.68. The van der Waals surface area contributed by atoms with E-state index >= 15 is 0 Å². The van der Waals surface area contributed by atoms with Crippen LogP contribution in [0.1, 0.15) is 39.0 Å². The molecule has 2 atom stereocenters. The molecular formula is C12H23NOS. The lowest BCUT2D eigenvalue weighted by molar-refractivity contribution is 0.0607. The first-order valence-electron chi connectivity index (χ1n) is 6.18. The van der Waals surface area contributed by atoms with Gasteiger partial charge in [-0.2, -0.15) is 11.8 Å². The molecule has 0 aromatic carbocycles. The van der Waals surface area contributed by atoms with Crippen molar-refractivity contribution >= 4 is 11.8 Å². The molecule has 3 heteroatoms. The number of ether oxygens (including phenoxy) is 1.